The molecule has 0 atom stereocenters. The van der Waals surface area contributed by atoms with Gasteiger partial charge in [-0.1, -0.05) is 29.3 Å². The van der Waals surface area contributed by atoms with Crippen molar-refractivity contribution in [1.29, 1.82) is 0 Å². The molecule has 0 aliphatic carbocycles. The average molecular weight is 403 g/mol. The smallest absolute Gasteiger partial charge is 0.253 e. The van der Waals surface area contributed by atoms with Crippen LogP contribution in [0.1, 0.15) is 43.0 Å². The largest absolute Gasteiger partial charge is 0.339 e. The summed E-state index contributed by atoms with van der Waals surface area (Å²) in [5.74, 6) is 0.187. The maximum absolute atomic E-state index is 12.4. The number of nitrogens with zero attached hydrogens (tertiary/aromatic N) is 1. The van der Waals surface area contributed by atoms with Crippen molar-refractivity contribution in [1.82, 2.24) is 9.62 Å². The van der Waals surface area contributed by atoms with Gasteiger partial charge in [-0.25, -0.2) is 13.1 Å². The molecule has 1 aliphatic rings. The topological polar surface area (TPSA) is 66.5 Å². The van der Waals surface area contributed by atoms with Gasteiger partial charge < -0.3 is 4.90 Å². The van der Waals surface area contributed by atoms with Crippen molar-refractivity contribution in [2.45, 2.75) is 38.6 Å². The number of nitrogens with one attached hydrogen (secondary N) is 1. The molecule has 1 N–H and O–H groups in total. The van der Waals surface area contributed by atoms with Crippen LogP contribution < -0.4 is 4.72 Å². The number of amides is 1. The van der Waals surface area contributed by atoms with Crippen LogP contribution in [0.3, 0.4) is 0 Å². The van der Waals surface area contributed by atoms with E-state index < -0.39 is 10.0 Å². The van der Waals surface area contributed by atoms with Gasteiger partial charge in [-0.05, 0) is 43.5 Å². The second-order valence-electron chi connectivity index (χ2n) is 5.86. The van der Waals surface area contributed by atoms with Crippen molar-refractivity contribution in [3.63, 3.8) is 0 Å². The van der Waals surface area contributed by atoms with Gasteiger partial charge >= 0.3 is 0 Å². The van der Waals surface area contributed by atoms with Crippen LogP contribution in [0.25, 0.3) is 0 Å². The summed E-state index contributed by atoms with van der Waals surface area (Å²) < 4.78 is 27.6. The first kappa shape index (κ1) is 18.4. The quantitative estimate of drug-likeness (QED) is 0.795. The number of hydrogen-bond donors (Lipinski definition) is 1. The van der Waals surface area contributed by atoms with Crippen LogP contribution in [0.2, 0.25) is 0 Å². The molecule has 2 rings (SSSR count). The second kappa shape index (κ2) is 8.26. The third-order valence-corrected chi connectivity index (χ3v) is 6.03. The van der Waals surface area contributed by atoms with E-state index in [2.05, 4.69) is 20.7 Å². The van der Waals surface area contributed by atoms with Gasteiger partial charge in [-0.2, -0.15) is 0 Å². The molecule has 1 aromatic carbocycles. The molecule has 1 aliphatic heterocycles. The maximum Gasteiger partial charge on any atom is 0.253 e. The summed E-state index contributed by atoms with van der Waals surface area (Å²) in [6.45, 7) is 3.13. The first-order chi connectivity index (χ1) is 10.9. The summed E-state index contributed by atoms with van der Waals surface area (Å²) >= 11 is 3.35. The lowest BCUT2D eigenvalue weighted by atomic mass is 10.0. The van der Waals surface area contributed by atoms with Crippen molar-refractivity contribution < 1.29 is 13.2 Å². The van der Waals surface area contributed by atoms with Crippen LogP contribution in [0.15, 0.2) is 28.7 Å². The highest BCUT2D eigenvalue weighted by molar-refractivity contribution is 9.10. The lowest BCUT2D eigenvalue weighted by Gasteiger charge is -2.32. The predicted octanol–water partition coefficient (Wildman–Crippen LogP) is 2.77. The summed E-state index contributed by atoms with van der Waals surface area (Å²) in [4.78, 5) is 14.2. The Bertz CT molecular complexity index is 623. The highest BCUT2D eigenvalue weighted by Crippen LogP contribution is 2.17. The molecule has 7 heteroatoms. The highest BCUT2D eigenvalue weighted by Gasteiger charge is 2.26. The van der Waals surface area contributed by atoms with Crippen LogP contribution in [-0.2, 0) is 10.0 Å². The van der Waals surface area contributed by atoms with Crippen molar-refractivity contribution >= 4 is 31.9 Å². The minimum absolute atomic E-state index is 0.00444. The number of sulfonamides is 1. The van der Waals surface area contributed by atoms with E-state index in [-0.39, 0.29) is 17.7 Å². The van der Waals surface area contributed by atoms with Gasteiger partial charge in [0, 0.05) is 29.2 Å². The van der Waals surface area contributed by atoms with Gasteiger partial charge in [0.05, 0.1) is 5.75 Å². The number of halogens is 1. The average Bonchev–Trinajstić information content (AvgIpc) is 2.53. The summed E-state index contributed by atoms with van der Waals surface area (Å²) in [5, 5.41) is 0. The minimum atomic E-state index is -3.20. The van der Waals surface area contributed by atoms with E-state index in [1.165, 1.54) is 0 Å². The first-order valence-corrected chi connectivity index (χ1v) is 10.4. The molecule has 0 unspecified atom stereocenters. The SMILES string of the molecule is CCCCS(=O)(=O)NC1CCN(C(=O)c2ccc(Br)cc2)CC1. The molecule has 0 radical (unpaired) electrons. The number of benzene rings is 1. The molecular weight excluding hydrogens is 380 g/mol. The van der Waals surface area contributed by atoms with E-state index in [9.17, 15) is 13.2 Å². The van der Waals surface area contributed by atoms with Crippen molar-refractivity contribution in [2.24, 2.45) is 0 Å². The zero-order valence-corrected chi connectivity index (χ0v) is 15.7. The molecule has 0 bridgehead atoms. The molecule has 23 heavy (non-hydrogen) atoms. The molecule has 1 aromatic rings. The van der Waals surface area contributed by atoms with Crippen molar-refractivity contribution in [3.8, 4) is 0 Å². The Labute approximate surface area is 146 Å². The van der Waals surface area contributed by atoms with E-state index in [4.69, 9.17) is 0 Å². The van der Waals surface area contributed by atoms with Gasteiger partial charge in [0.15, 0.2) is 0 Å². The molecule has 5 nitrogen and oxygen atoms in total. The Balaban J connectivity index is 1.86. The third kappa shape index (κ3) is 5.58. The van der Waals surface area contributed by atoms with Gasteiger partial charge in [0.1, 0.15) is 0 Å². The number of unbranched alkanes of at least 4 members (excludes halogenated alkanes) is 1. The van der Waals surface area contributed by atoms with E-state index >= 15 is 0 Å². The predicted molar refractivity (Wildman–Crippen MR) is 94.9 cm³/mol. The molecule has 1 heterocycles. The third-order valence-electron chi connectivity index (χ3n) is 3.99. The summed E-state index contributed by atoms with van der Waals surface area (Å²) in [6, 6.07) is 7.23. The van der Waals surface area contributed by atoms with Gasteiger partial charge in [0.25, 0.3) is 5.91 Å². The molecular formula is C16H23BrN2O3S. The Hall–Kier alpha value is -0.920. The first-order valence-electron chi connectivity index (χ1n) is 7.96. The van der Waals surface area contributed by atoms with Crippen LogP contribution >= 0.6 is 15.9 Å². The van der Waals surface area contributed by atoms with Crippen LogP contribution in [-0.4, -0.2) is 44.1 Å². The van der Waals surface area contributed by atoms with Gasteiger partial charge in [-0.3, -0.25) is 4.79 Å². The fraction of sp³-hybridized carbons (Fsp3) is 0.562. The monoisotopic (exact) mass is 402 g/mol. The Morgan fingerprint density at radius 1 is 1.26 bits per heavy atom. The van der Waals surface area contributed by atoms with Crippen molar-refractivity contribution in [2.75, 3.05) is 18.8 Å². The van der Waals surface area contributed by atoms with Gasteiger partial charge in [0.2, 0.25) is 10.0 Å². The Morgan fingerprint density at radius 3 is 2.43 bits per heavy atom. The number of hydrogen-bond acceptors (Lipinski definition) is 3. The fourth-order valence-corrected chi connectivity index (χ4v) is 4.42. The maximum atomic E-state index is 12.4. The zero-order valence-electron chi connectivity index (χ0n) is 13.3. The van der Waals surface area contributed by atoms with Crippen LogP contribution in [0.5, 0.6) is 0 Å². The molecule has 1 fully saturated rings. The molecule has 128 valence electrons. The minimum Gasteiger partial charge on any atom is -0.339 e. The summed E-state index contributed by atoms with van der Waals surface area (Å²) in [6.07, 6.45) is 2.86. The van der Waals surface area contributed by atoms with Crippen molar-refractivity contribution in [3.05, 3.63) is 34.3 Å². The molecule has 0 spiro atoms. The Morgan fingerprint density at radius 2 is 1.87 bits per heavy atom. The number of carbonyl (C=O) groups excluding carboxylic acids is 1. The lowest BCUT2D eigenvalue weighted by Crippen LogP contribution is -2.47. The number of likely N-dealkylation sites (tertiary alicyclic amines) is 1. The standard InChI is InChI=1S/C16H23BrN2O3S/c1-2-3-12-23(21,22)18-15-8-10-19(11-9-15)16(20)13-4-6-14(17)7-5-13/h4-7,15,18H,2-3,8-12H2,1H3. The van der Waals surface area contributed by atoms with E-state index in [1.807, 2.05) is 19.1 Å². The highest BCUT2D eigenvalue weighted by atomic mass is 79.9. The number of carbonyl (C=O) groups is 1. The molecule has 1 amide bonds. The van der Waals surface area contributed by atoms with Crippen LogP contribution in [0.4, 0.5) is 0 Å². The Kier molecular flexibility index (Phi) is 6.61. The second-order valence-corrected chi connectivity index (χ2v) is 8.65. The fourth-order valence-electron chi connectivity index (χ4n) is 2.62. The molecule has 0 aromatic heterocycles. The number of rotatable bonds is 6. The van der Waals surface area contributed by atoms with E-state index in [1.54, 1.807) is 17.0 Å². The van der Waals surface area contributed by atoms with Gasteiger partial charge in [-0.15, -0.1) is 0 Å². The summed E-state index contributed by atoms with van der Waals surface area (Å²) in [5.41, 5.74) is 0.662. The zero-order chi connectivity index (χ0) is 16.9. The lowest BCUT2D eigenvalue weighted by molar-refractivity contribution is 0.0711. The van der Waals surface area contributed by atoms with E-state index in [0.29, 0.717) is 37.9 Å². The summed E-state index contributed by atoms with van der Waals surface area (Å²) in [7, 11) is -3.20. The number of piperidine rings is 1. The van der Waals surface area contributed by atoms with Crippen LogP contribution in [0, 0.1) is 0 Å². The molecule has 1 saturated heterocycles. The molecule has 0 saturated carbocycles. The normalized spacial score (nSPS) is 16.5. The van der Waals surface area contributed by atoms with E-state index in [0.717, 1.165) is 10.9 Å².